The second kappa shape index (κ2) is 4.53. The van der Waals surface area contributed by atoms with Crippen molar-refractivity contribution in [3.8, 4) is 5.75 Å². The highest BCUT2D eigenvalue weighted by Crippen LogP contribution is 2.32. The molecule has 0 radical (unpaired) electrons. The Bertz CT molecular complexity index is 515. The molecule has 4 N–H and O–H groups in total. The topological polar surface area (TPSA) is 78.3 Å². The number of carbonyl (C=O) groups is 1. The number of fused-ring (bicyclic) bond motifs is 1. The zero-order chi connectivity index (χ0) is 13.5. The van der Waals surface area contributed by atoms with Crippen molar-refractivity contribution >= 4 is 5.91 Å². The maximum absolute atomic E-state index is 11.3. The molecule has 0 bridgehead atoms. The summed E-state index contributed by atoms with van der Waals surface area (Å²) in [5.74, 6) is 0.465. The predicted octanol–water partition coefficient (Wildman–Crippen LogP) is 1.29. The van der Waals surface area contributed by atoms with E-state index in [1.54, 1.807) is 0 Å². The van der Waals surface area contributed by atoms with Gasteiger partial charge in [-0.2, -0.15) is 0 Å². The van der Waals surface area contributed by atoms with Crippen molar-refractivity contribution < 1.29 is 9.53 Å². The summed E-state index contributed by atoms with van der Waals surface area (Å²) in [6.07, 6.45) is 5.45. The fraction of sp³-hybridized carbons (Fsp3) is 0.533. The Morgan fingerprint density at radius 2 is 2.11 bits per heavy atom. The normalized spacial score (nSPS) is 29.2. The van der Waals surface area contributed by atoms with Gasteiger partial charge in [-0.3, -0.25) is 4.79 Å². The molecular weight excluding hydrogens is 240 g/mol. The second-order valence-electron chi connectivity index (χ2n) is 5.79. The van der Waals surface area contributed by atoms with Gasteiger partial charge in [-0.05, 0) is 55.4 Å². The van der Waals surface area contributed by atoms with Crippen LogP contribution in [0.15, 0.2) is 18.2 Å². The first-order valence-electron chi connectivity index (χ1n) is 6.94. The van der Waals surface area contributed by atoms with E-state index in [0.717, 1.165) is 18.6 Å². The number of hydrogen-bond donors (Lipinski definition) is 2. The third-order valence-corrected chi connectivity index (χ3v) is 4.37. The molecule has 0 aliphatic heterocycles. The number of hydrogen-bond acceptors (Lipinski definition) is 3. The highest BCUT2D eigenvalue weighted by molar-refractivity contribution is 5.84. The summed E-state index contributed by atoms with van der Waals surface area (Å²) in [7, 11) is 0. The van der Waals surface area contributed by atoms with Crippen LogP contribution < -0.4 is 16.2 Å². The van der Waals surface area contributed by atoms with Gasteiger partial charge in [-0.15, -0.1) is 0 Å². The fourth-order valence-corrected chi connectivity index (χ4v) is 3.17. The molecule has 2 aliphatic carbocycles. The summed E-state index contributed by atoms with van der Waals surface area (Å²) in [6.45, 7) is 0. The number of aryl methyl sites for hydroxylation is 2. The number of carbonyl (C=O) groups excluding carboxylic acids is 1. The third kappa shape index (κ3) is 2.32. The molecule has 0 saturated heterocycles. The zero-order valence-electron chi connectivity index (χ0n) is 11.0. The van der Waals surface area contributed by atoms with E-state index in [1.165, 1.54) is 24.0 Å². The first kappa shape index (κ1) is 12.5. The van der Waals surface area contributed by atoms with Gasteiger partial charge in [0.25, 0.3) is 0 Å². The van der Waals surface area contributed by atoms with Crippen LogP contribution in [-0.2, 0) is 17.6 Å². The lowest BCUT2D eigenvalue weighted by Gasteiger charge is -2.20. The second-order valence-corrected chi connectivity index (χ2v) is 5.79. The number of rotatable bonds is 3. The lowest BCUT2D eigenvalue weighted by atomic mass is 9.99. The van der Waals surface area contributed by atoms with Gasteiger partial charge in [0.1, 0.15) is 11.9 Å². The molecule has 0 spiro atoms. The standard InChI is InChI=1S/C15H20N2O2/c16-14(18)15(17)7-6-13(9-15)19-12-5-4-10-2-1-3-11(10)8-12/h4-5,8,13H,1-3,6-7,9,17H2,(H2,16,18). The molecule has 2 atom stereocenters. The van der Waals surface area contributed by atoms with E-state index in [0.29, 0.717) is 12.8 Å². The first-order valence-corrected chi connectivity index (χ1v) is 6.94. The number of amides is 1. The summed E-state index contributed by atoms with van der Waals surface area (Å²) in [6, 6.07) is 6.30. The molecule has 1 aromatic rings. The van der Waals surface area contributed by atoms with Gasteiger partial charge in [0.2, 0.25) is 5.91 Å². The highest BCUT2D eigenvalue weighted by atomic mass is 16.5. The minimum atomic E-state index is -0.888. The lowest BCUT2D eigenvalue weighted by Crippen LogP contribution is -2.50. The molecule has 2 aliphatic rings. The van der Waals surface area contributed by atoms with E-state index >= 15 is 0 Å². The number of nitrogens with two attached hydrogens (primary N) is 2. The van der Waals surface area contributed by atoms with Crippen molar-refractivity contribution in [3.05, 3.63) is 29.3 Å². The molecule has 4 nitrogen and oxygen atoms in total. The molecule has 3 rings (SSSR count). The summed E-state index contributed by atoms with van der Waals surface area (Å²) < 4.78 is 5.96. The van der Waals surface area contributed by atoms with Crippen molar-refractivity contribution in [2.45, 2.75) is 50.2 Å². The average Bonchev–Trinajstić information content (AvgIpc) is 2.96. The van der Waals surface area contributed by atoms with Gasteiger partial charge in [0.15, 0.2) is 0 Å². The predicted molar refractivity (Wildman–Crippen MR) is 72.8 cm³/mol. The van der Waals surface area contributed by atoms with Gasteiger partial charge in [-0.1, -0.05) is 6.07 Å². The monoisotopic (exact) mass is 260 g/mol. The molecular formula is C15H20N2O2. The van der Waals surface area contributed by atoms with Crippen LogP contribution >= 0.6 is 0 Å². The minimum absolute atomic E-state index is 0.00282. The third-order valence-electron chi connectivity index (χ3n) is 4.37. The Hall–Kier alpha value is -1.55. The largest absolute Gasteiger partial charge is 0.490 e. The average molecular weight is 260 g/mol. The van der Waals surface area contributed by atoms with Crippen LogP contribution in [0.5, 0.6) is 5.75 Å². The molecule has 1 amide bonds. The smallest absolute Gasteiger partial charge is 0.237 e. The Kier molecular flexibility index (Phi) is 2.97. The number of ether oxygens (including phenoxy) is 1. The SMILES string of the molecule is NC(=O)C1(N)CCC(Oc2ccc3c(c2)CCC3)C1. The Morgan fingerprint density at radius 3 is 2.84 bits per heavy atom. The van der Waals surface area contributed by atoms with Gasteiger partial charge in [0, 0.05) is 6.42 Å². The molecule has 2 unspecified atom stereocenters. The molecule has 4 heteroatoms. The van der Waals surface area contributed by atoms with E-state index in [9.17, 15) is 4.79 Å². The van der Waals surface area contributed by atoms with Crippen LogP contribution in [0.25, 0.3) is 0 Å². The molecule has 19 heavy (non-hydrogen) atoms. The van der Waals surface area contributed by atoms with Gasteiger partial charge >= 0.3 is 0 Å². The van der Waals surface area contributed by atoms with E-state index in [2.05, 4.69) is 12.1 Å². The maximum Gasteiger partial charge on any atom is 0.237 e. The molecule has 102 valence electrons. The van der Waals surface area contributed by atoms with Crippen molar-refractivity contribution in [1.29, 1.82) is 0 Å². The van der Waals surface area contributed by atoms with Crippen molar-refractivity contribution in [1.82, 2.24) is 0 Å². The van der Waals surface area contributed by atoms with Gasteiger partial charge in [0.05, 0.1) is 5.54 Å². The van der Waals surface area contributed by atoms with Crippen molar-refractivity contribution in [2.24, 2.45) is 11.5 Å². The van der Waals surface area contributed by atoms with E-state index in [-0.39, 0.29) is 6.10 Å². The molecule has 1 saturated carbocycles. The van der Waals surface area contributed by atoms with E-state index < -0.39 is 11.4 Å². The van der Waals surface area contributed by atoms with Crippen LogP contribution in [-0.4, -0.2) is 17.6 Å². The van der Waals surface area contributed by atoms with Gasteiger partial charge < -0.3 is 16.2 Å². The Balaban J connectivity index is 1.68. The molecule has 1 aromatic carbocycles. The Morgan fingerprint density at radius 1 is 1.32 bits per heavy atom. The maximum atomic E-state index is 11.3. The van der Waals surface area contributed by atoms with Crippen molar-refractivity contribution in [2.75, 3.05) is 0 Å². The van der Waals surface area contributed by atoms with Crippen LogP contribution in [0.1, 0.15) is 36.8 Å². The summed E-state index contributed by atoms with van der Waals surface area (Å²) in [4.78, 5) is 11.3. The molecule has 0 heterocycles. The zero-order valence-corrected chi connectivity index (χ0v) is 11.0. The quantitative estimate of drug-likeness (QED) is 0.859. The van der Waals surface area contributed by atoms with E-state index in [4.69, 9.17) is 16.2 Å². The van der Waals surface area contributed by atoms with Gasteiger partial charge in [-0.25, -0.2) is 0 Å². The number of benzene rings is 1. The van der Waals surface area contributed by atoms with E-state index in [1.807, 2.05) is 6.07 Å². The number of primary amides is 1. The minimum Gasteiger partial charge on any atom is -0.490 e. The summed E-state index contributed by atoms with van der Waals surface area (Å²) in [5.41, 5.74) is 13.3. The summed E-state index contributed by atoms with van der Waals surface area (Å²) >= 11 is 0. The molecule has 0 aromatic heterocycles. The highest BCUT2D eigenvalue weighted by Gasteiger charge is 2.41. The van der Waals surface area contributed by atoms with Crippen LogP contribution in [0.4, 0.5) is 0 Å². The molecule has 1 fully saturated rings. The lowest BCUT2D eigenvalue weighted by molar-refractivity contribution is -0.123. The Labute approximate surface area is 113 Å². The van der Waals surface area contributed by atoms with Crippen LogP contribution in [0.2, 0.25) is 0 Å². The van der Waals surface area contributed by atoms with Crippen LogP contribution in [0, 0.1) is 0 Å². The first-order chi connectivity index (χ1) is 9.07. The fourth-order valence-electron chi connectivity index (χ4n) is 3.17. The van der Waals surface area contributed by atoms with Crippen molar-refractivity contribution in [3.63, 3.8) is 0 Å². The van der Waals surface area contributed by atoms with Crippen LogP contribution in [0.3, 0.4) is 0 Å². The summed E-state index contributed by atoms with van der Waals surface area (Å²) in [5, 5.41) is 0.